The molecule has 0 aromatic heterocycles. The van der Waals surface area contributed by atoms with Crippen LogP contribution in [-0.2, 0) is 10.0 Å². The SMILES string of the molecule is NC(=S)c1ccc(S(=O)(=O)Nc2ccc(Br)c(F)c2)cc1. The van der Waals surface area contributed by atoms with Gasteiger partial charge in [-0.3, -0.25) is 4.72 Å². The first-order valence-electron chi connectivity index (χ1n) is 5.67. The zero-order valence-corrected chi connectivity index (χ0v) is 13.7. The number of hydrogen-bond acceptors (Lipinski definition) is 3. The first-order valence-corrected chi connectivity index (χ1v) is 8.36. The predicted molar refractivity (Wildman–Crippen MR) is 87.2 cm³/mol. The Hall–Kier alpha value is -1.51. The van der Waals surface area contributed by atoms with E-state index >= 15 is 0 Å². The van der Waals surface area contributed by atoms with Crippen molar-refractivity contribution in [3.05, 3.63) is 58.3 Å². The first-order chi connectivity index (χ1) is 9.79. The second-order valence-corrected chi connectivity index (χ2v) is 7.10. The van der Waals surface area contributed by atoms with Gasteiger partial charge < -0.3 is 5.73 Å². The minimum absolute atomic E-state index is 0.0332. The fourth-order valence-electron chi connectivity index (χ4n) is 1.57. The monoisotopic (exact) mass is 388 g/mol. The molecule has 0 saturated heterocycles. The molecule has 2 rings (SSSR count). The van der Waals surface area contributed by atoms with Gasteiger partial charge in [0, 0.05) is 5.56 Å². The molecule has 0 amide bonds. The average molecular weight is 389 g/mol. The van der Waals surface area contributed by atoms with Gasteiger partial charge in [0.1, 0.15) is 10.8 Å². The highest BCUT2D eigenvalue weighted by Gasteiger charge is 2.15. The molecule has 2 aromatic carbocycles. The molecule has 21 heavy (non-hydrogen) atoms. The quantitative estimate of drug-likeness (QED) is 0.789. The number of halogens is 2. The Morgan fingerprint density at radius 3 is 2.33 bits per heavy atom. The van der Waals surface area contributed by atoms with E-state index in [4.69, 9.17) is 18.0 Å². The van der Waals surface area contributed by atoms with Crippen LogP contribution in [0.4, 0.5) is 10.1 Å². The Labute approximate surface area is 135 Å². The molecule has 0 heterocycles. The topological polar surface area (TPSA) is 72.2 Å². The summed E-state index contributed by atoms with van der Waals surface area (Å²) in [4.78, 5) is 0.215. The lowest BCUT2D eigenvalue weighted by molar-refractivity contribution is 0.601. The fraction of sp³-hybridized carbons (Fsp3) is 0. The van der Waals surface area contributed by atoms with Crippen LogP contribution in [-0.4, -0.2) is 13.4 Å². The number of rotatable bonds is 4. The van der Waals surface area contributed by atoms with Gasteiger partial charge in [0.05, 0.1) is 15.1 Å². The standard InChI is InChI=1S/C13H10BrFN2O2S2/c14-11-6-3-9(7-12(11)15)17-21(18,19)10-4-1-8(2-5-10)13(16)20/h1-7,17H,(H2,16,20). The molecule has 0 bridgehead atoms. The summed E-state index contributed by atoms with van der Waals surface area (Å²) in [5.41, 5.74) is 6.15. The number of sulfonamides is 1. The van der Waals surface area contributed by atoms with Gasteiger partial charge in [0.25, 0.3) is 10.0 Å². The lowest BCUT2D eigenvalue weighted by Gasteiger charge is -2.09. The third kappa shape index (κ3) is 3.78. The Balaban J connectivity index is 2.29. The highest BCUT2D eigenvalue weighted by Crippen LogP contribution is 2.22. The molecule has 0 aliphatic carbocycles. The van der Waals surface area contributed by atoms with Gasteiger partial charge in [-0.05, 0) is 46.3 Å². The van der Waals surface area contributed by atoms with Crippen LogP contribution in [0, 0.1) is 5.82 Å². The molecular weight excluding hydrogens is 379 g/mol. The molecule has 4 nitrogen and oxygen atoms in total. The zero-order valence-electron chi connectivity index (χ0n) is 10.5. The van der Waals surface area contributed by atoms with Crippen LogP contribution < -0.4 is 10.5 Å². The van der Waals surface area contributed by atoms with Crippen LogP contribution in [0.1, 0.15) is 5.56 Å². The van der Waals surface area contributed by atoms with Crippen molar-refractivity contribution in [1.82, 2.24) is 0 Å². The van der Waals surface area contributed by atoms with Crippen molar-refractivity contribution >= 4 is 48.8 Å². The Bertz CT molecular complexity index is 792. The first kappa shape index (κ1) is 15.9. The second-order valence-electron chi connectivity index (χ2n) is 4.12. The molecule has 2 aromatic rings. The summed E-state index contributed by atoms with van der Waals surface area (Å²) in [7, 11) is -3.80. The summed E-state index contributed by atoms with van der Waals surface area (Å²) < 4.78 is 40.3. The Morgan fingerprint density at radius 1 is 1.19 bits per heavy atom. The second kappa shape index (κ2) is 6.08. The summed E-state index contributed by atoms with van der Waals surface area (Å²) >= 11 is 7.80. The van der Waals surface area contributed by atoms with E-state index in [-0.39, 0.29) is 20.0 Å². The van der Waals surface area contributed by atoms with E-state index in [1.165, 1.54) is 36.4 Å². The Morgan fingerprint density at radius 2 is 1.81 bits per heavy atom. The van der Waals surface area contributed by atoms with Gasteiger partial charge in [0.2, 0.25) is 0 Å². The van der Waals surface area contributed by atoms with Crippen molar-refractivity contribution in [3.63, 3.8) is 0 Å². The maximum Gasteiger partial charge on any atom is 0.261 e. The molecule has 0 unspecified atom stereocenters. The molecule has 0 aliphatic heterocycles. The highest BCUT2D eigenvalue weighted by atomic mass is 79.9. The summed E-state index contributed by atoms with van der Waals surface area (Å²) in [6.07, 6.45) is 0. The minimum atomic E-state index is -3.80. The van der Waals surface area contributed by atoms with E-state index in [1.54, 1.807) is 0 Å². The largest absolute Gasteiger partial charge is 0.389 e. The van der Waals surface area contributed by atoms with E-state index < -0.39 is 15.8 Å². The van der Waals surface area contributed by atoms with Crippen LogP contribution in [0.25, 0.3) is 0 Å². The summed E-state index contributed by atoms with van der Waals surface area (Å²) in [5, 5.41) is 0. The van der Waals surface area contributed by atoms with Crippen LogP contribution in [0.2, 0.25) is 0 Å². The molecule has 8 heteroatoms. The van der Waals surface area contributed by atoms with Crippen molar-refractivity contribution < 1.29 is 12.8 Å². The summed E-state index contributed by atoms with van der Waals surface area (Å²) in [6.45, 7) is 0. The van der Waals surface area contributed by atoms with E-state index in [0.29, 0.717) is 5.56 Å². The molecular formula is C13H10BrFN2O2S2. The van der Waals surface area contributed by atoms with Gasteiger partial charge in [0.15, 0.2) is 0 Å². The maximum atomic E-state index is 13.4. The minimum Gasteiger partial charge on any atom is -0.389 e. The van der Waals surface area contributed by atoms with Crippen molar-refractivity contribution in [2.45, 2.75) is 4.90 Å². The summed E-state index contributed by atoms with van der Waals surface area (Å²) in [5.74, 6) is -0.556. The molecule has 0 radical (unpaired) electrons. The molecule has 0 spiro atoms. The van der Waals surface area contributed by atoms with Crippen molar-refractivity contribution in [2.24, 2.45) is 5.73 Å². The lowest BCUT2D eigenvalue weighted by atomic mass is 10.2. The van der Waals surface area contributed by atoms with E-state index in [0.717, 1.165) is 6.07 Å². The van der Waals surface area contributed by atoms with Gasteiger partial charge in [-0.1, -0.05) is 24.4 Å². The molecule has 0 saturated carbocycles. The number of benzene rings is 2. The zero-order chi connectivity index (χ0) is 15.6. The third-order valence-corrected chi connectivity index (χ3v) is 4.90. The van der Waals surface area contributed by atoms with E-state index in [9.17, 15) is 12.8 Å². The van der Waals surface area contributed by atoms with Gasteiger partial charge in [-0.15, -0.1) is 0 Å². The van der Waals surface area contributed by atoms with Gasteiger partial charge in [-0.2, -0.15) is 0 Å². The van der Waals surface area contributed by atoms with Crippen LogP contribution >= 0.6 is 28.1 Å². The number of nitrogens with one attached hydrogen (secondary N) is 1. The van der Waals surface area contributed by atoms with Crippen molar-refractivity contribution in [2.75, 3.05) is 4.72 Å². The van der Waals surface area contributed by atoms with Gasteiger partial charge >= 0.3 is 0 Å². The number of thiocarbonyl (C=S) groups is 1. The highest BCUT2D eigenvalue weighted by molar-refractivity contribution is 9.10. The number of anilines is 1. The third-order valence-electron chi connectivity index (χ3n) is 2.62. The fourth-order valence-corrected chi connectivity index (χ4v) is 3.00. The van der Waals surface area contributed by atoms with Crippen LogP contribution in [0.3, 0.4) is 0 Å². The van der Waals surface area contributed by atoms with Gasteiger partial charge in [-0.25, -0.2) is 12.8 Å². The van der Waals surface area contributed by atoms with Crippen LogP contribution in [0.15, 0.2) is 51.8 Å². The maximum absolute atomic E-state index is 13.4. The van der Waals surface area contributed by atoms with Crippen LogP contribution in [0.5, 0.6) is 0 Å². The molecule has 0 aliphatic rings. The van der Waals surface area contributed by atoms with E-state index in [2.05, 4.69) is 20.7 Å². The lowest BCUT2D eigenvalue weighted by Crippen LogP contribution is -2.14. The van der Waals surface area contributed by atoms with Crippen molar-refractivity contribution in [3.8, 4) is 0 Å². The molecule has 0 fully saturated rings. The molecule has 110 valence electrons. The average Bonchev–Trinajstić information content (AvgIpc) is 2.43. The van der Waals surface area contributed by atoms with E-state index in [1.807, 2.05) is 0 Å². The number of nitrogens with two attached hydrogens (primary N) is 1. The predicted octanol–water partition coefficient (Wildman–Crippen LogP) is 3.02. The molecule has 3 N–H and O–H groups in total. The molecule has 0 atom stereocenters. The van der Waals surface area contributed by atoms with Crippen molar-refractivity contribution in [1.29, 1.82) is 0 Å². The Kier molecular flexibility index (Phi) is 4.60. The number of hydrogen-bond donors (Lipinski definition) is 2. The normalized spacial score (nSPS) is 11.1. The summed E-state index contributed by atoms with van der Waals surface area (Å²) in [6, 6.07) is 9.75. The smallest absolute Gasteiger partial charge is 0.261 e.